The molecule has 0 fully saturated rings. The Morgan fingerprint density at radius 1 is 1.04 bits per heavy atom. The van der Waals surface area contributed by atoms with Gasteiger partial charge in [0.05, 0.1) is 10.6 Å². The van der Waals surface area contributed by atoms with Crippen LogP contribution in [-0.4, -0.2) is 19.2 Å². The van der Waals surface area contributed by atoms with Gasteiger partial charge in [-0.2, -0.15) is 18.4 Å². The van der Waals surface area contributed by atoms with E-state index in [1.807, 2.05) is 19.9 Å². The molecule has 0 atom stereocenters. The highest BCUT2D eigenvalue weighted by Gasteiger charge is 2.16. The van der Waals surface area contributed by atoms with E-state index in [4.69, 9.17) is 0 Å². The maximum absolute atomic E-state index is 12.4. The number of nitrogens with one attached hydrogen (secondary N) is 1. The van der Waals surface area contributed by atoms with Crippen molar-refractivity contribution in [2.75, 3.05) is 0 Å². The molecule has 0 bridgehead atoms. The third kappa shape index (κ3) is 3.90. The van der Waals surface area contributed by atoms with Crippen molar-refractivity contribution in [2.24, 2.45) is 5.10 Å². The second-order valence-corrected chi connectivity index (χ2v) is 7.21. The summed E-state index contributed by atoms with van der Waals surface area (Å²) in [7, 11) is -3.76. The van der Waals surface area contributed by atoms with Gasteiger partial charge in [0.15, 0.2) is 0 Å². The van der Waals surface area contributed by atoms with Gasteiger partial charge in [0, 0.05) is 5.56 Å². The summed E-state index contributed by atoms with van der Waals surface area (Å²) < 4.78 is 24.8. The molecule has 0 spiro atoms. The Morgan fingerprint density at radius 2 is 1.65 bits per heavy atom. The first-order valence-electron chi connectivity index (χ1n) is 7.14. The molecule has 2 N–H and O–H groups in total. The van der Waals surface area contributed by atoms with Crippen molar-refractivity contribution in [3.05, 3.63) is 58.7 Å². The molecule has 6 heteroatoms. The summed E-state index contributed by atoms with van der Waals surface area (Å²) in [4.78, 5) is 2.43. The maximum atomic E-state index is 12.4. The monoisotopic (exact) mass is 332 g/mol. The standard InChI is InChI=1S/C17H20N2O3S/c1-11-6-8-16(20)15(9-11)14(4)18-19-23(21,22)17-10-12(2)5-7-13(17)3/h5-10,19-20H,1-4H3/b18-14+. The van der Waals surface area contributed by atoms with E-state index in [-0.39, 0.29) is 10.6 Å². The van der Waals surface area contributed by atoms with Crippen LogP contribution in [-0.2, 0) is 10.0 Å². The number of aryl methyl sites for hydroxylation is 3. The third-order valence-corrected chi connectivity index (χ3v) is 4.86. The quantitative estimate of drug-likeness (QED) is 0.667. The van der Waals surface area contributed by atoms with Crippen LogP contribution in [0, 0.1) is 20.8 Å². The number of nitrogens with zero attached hydrogens (tertiary/aromatic N) is 1. The Kier molecular flexibility index (Phi) is 4.75. The van der Waals surface area contributed by atoms with Crippen LogP contribution in [0.3, 0.4) is 0 Å². The van der Waals surface area contributed by atoms with E-state index in [1.54, 1.807) is 44.2 Å². The molecule has 0 aliphatic rings. The highest BCUT2D eigenvalue weighted by atomic mass is 32.2. The molecule has 0 unspecified atom stereocenters. The number of hydrogen-bond donors (Lipinski definition) is 2. The van der Waals surface area contributed by atoms with Gasteiger partial charge in [0.1, 0.15) is 5.75 Å². The fourth-order valence-corrected chi connectivity index (χ4v) is 3.36. The summed E-state index contributed by atoms with van der Waals surface area (Å²) in [5.41, 5.74) is 3.33. The summed E-state index contributed by atoms with van der Waals surface area (Å²) >= 11 is 0. The number of rotatable bonds is 4. The molecule has 0 aliphatic heterocycles. The first-order chi connectivity index (χ1) is 10.7. The third-order valence-electron chi connectivity index (χ3n) is 3.51. The summed E-state index contributed by atoms with van der Waals surface area (Å²) in [6.45, 7) is 7.09. The van der Waals surface area contributed by atoms with Gasteiger partial charge in [-0.3, -0.25) is 0 Å². The van der Waals surface area contributed by atoms with E-state index in [0.717, 1.165) is 11.1 Å². The summed E-state index contributed by atoms with van der Waals surface area (Å²) in [6.07, 6.45) is 0. The van der Waals surface area contributed by atoms with Gasteiger partial charge in [0.2, 0.25) is 0 Å². The van der Waals surface area contributed by atoms with Crippen molar-refractivity contribution in [1.82, 2.24) is 4.83 Å². The number of phenols is 1. The minimum atomic E-state index is -3.76. The van der Waals surface area contributed by atoms with E-state index in [1.165, 1.54) is 0 Å². The summed E-state index contributed by atoms with van der Waals surface area (Å²) in [5.74, 6) is 0.0581. The smallest absolute Gasteiger partial charge is 0.276 e. The van der Waals surface area contributed by atoms with Crippen LogP contribution in [0.1, 0.15) is 29.2 Å². The summed E-state index contributed by atoms with van der Waals surface area (Å²) in [6, 6.07) is 10.3. The molecule has 2 rings (SSSR count). The Balaban J connectivity index is 2.34. The SMILES string of the molecule is C/C(=N\NS(=O)(=O)c1cc(C)ccc1C)c1cc(C)ccc1O. The van der Waals surface area contributed by atoms with Crippen LogP contribution < -0.4 is 4.83 Å². The number of benzene rings is 2. The Morgan fingerprint density at radius 3 is 2.35 bits per heavy atom. The van der Waals surface area contributed by atoms with Crippen molar-refractivity contribution >= 4 is 15.7 Å². The van der Waals surface area contributed by atoms with Crippen LogP contribution in [0.4, 0.5) is 0 Å². The molecule has 0 amide bonds. The number of phenolic OH excluding ortho intramolecular Hbond substituents is 1. The molecule has 0 radical (unpaired) electrons. The van der Waals surface area contributed by atoms with E-state index in [9.17, 15) is 13.5 Å². The van der Waals surface area contributed by atoms with Crippen LogP contribution in [0.5, 0.6) is 5.75 Å². The van der Waals surface area contributed by atoms with E-state index < -0.39 is 10.0 Å². The highest BCUT2D eigenvalue weighted by Crippen LogP contribution is 2.20. The van der Waals surface area contributed by atoms with E-state index in [2.05, 4.69) is 9.93 Å². The Bertz CT molecular complexity index is 871. The molecule has 0 aromatic heterocycles. The number of hydrazone groups is 1. The molecule has 2 aromatic rings. The molecule has 0 saturated carbocycles. The molecular formula is C17H20N2O3S. The molecular weight excluding hydrogens is 312 g/mol. The first-order valence-corrected chi connectivity index (χ1v) is 8.62. The lowest BCUT2D eigenvalue weighted by atomic mass is 10.1. The number of sulfonamides is 1. The van der Waals surface area contributed by atoms with Gasteiger partial charge < -0.3 is 5.11 Å². The van der Waals surface area contributed by atoms with E-state index >= 15 is 0 Å². The number of aromatic hydroxyl groups is 1. The van der Waals surface area contributed by atoms with Crippen molar-refractivity contribution in [1.29, 1.82) is 0 Å². The molecule has 0 saturated heterocycles. The fourth-order valence-electron chi connectivity index (χ4n) is 2.17. The van der Waals surface area contributed by atoms with Crippen molar-refractivity contribution < 1.29 is 13.5 Å². The maximum Gasteiger partial charge on any atom is 0.276 e. The minimum absolute atomic E-state index is 0.0581. The van der Waals surface area contributed by atoms with Crippen LogP contribution in [0.25, 0.3) is 0 Å². The second kappa shape index (κ2) is 6.42. The molecule has 0 aliphatic carbocycles. The molecule has 0 heterocycles. The second-order valence-electron chi connectivity index (χ2n) is 5.58. The number of hydrogen-bond acceptors (Lipinski definition) is 4. The lowest BCUT2D eigenvalue weighted by molar-refractivity contribution is 0.474. The molecule has 122 valence electrons. The lowest BCUT2D eigenvalue weighted by Crippen LogP contribution is -2.21. The highest BCUT2D eigenvalue weighted by molar-refractivity contribution is 7.89. The van der Waals surface area contributed by atoms with Crippen molar-refractivity contribution in [2.45, 2.75) is 32.6 Å². The minimum Gasteiger partial charge on any atom is -0.507 e. The zero-order valence-corrected chi connectivity index (χ0v) is 14.4. The topological polar surface area (TPSA) is 78.8 Å². The predicted molar refractivity (Wildman–Crippen MR) is 91.3 cm³/mol. The zero-order valence-electron chi connectivity index (χ0n) is 13.6. The molecule has 23 heavy (non-hydrogen) atoms. The van der Waals surface area contributed by atoms with E-state index in [0.29, 0.717) is 16.8 Å². The Hall–Kier alpha value is -2.34. The van der Waals surface area contributed by atoms with Crippen LogP contribution in [0.2, 0.25) is 0 Å². The van der Waals surface area contributed by atoms with Crippen LogP contribution in [0.15, 0.2) is 46.4 Å². The van der Waals surface area contributed by atoms with Crippen molar-refractivity contribution in [3.8, 4) is 5.75 Å². The van der Waals surface area contributed by atoms with Gasteiger partial charge in [-0.05, 0) is 57.0 Å². The predicted octanol–water partition coefficient (Wildman–Crippen LogP) is 3.02. The summed E-state index contributed by atoms with van der Waals surface area (Å²) in [5, 5.41) is 13.8. The zero-order chi connectivity index (χ0) is 17.2. The fraction of sp³-hybridized carbons (Fsp3) is 0.235. The van der Waals surface area contributed by atoms with Gasteiger partial charge in [-0.25, -0.2) is 0 Å². The average Bonchev–Trinajstić information content (AvgIpc) is 2.49. The van der Waals surface area contributed by atoms with Gasteiger partial charge in [0.25, 0.3) is 10.0 Å². The van der Waals surface area contributed by atoms with Gasteiger partial charge in [-0.15, -0.1) is 0 Å². The normalized spacial score (nSPS) is 12.3. The lowest BCUT2D eigenvalue weighted by Gasteiger charge is -2.10. The average molecular weight is 332 g/mol. The molecule has 2 aromatic carbocycles. The Labute approximate surface area is 136 Å². The van der Waals surface area contributed by atoms with Crippen molar-refractivity contribution in [3.63, 3.8) is 0 Å². The van der Waals surface area contributed by atoms with Gasteiger partial charge >= 0.3 is 0 Å². The largest absolute Gasteiger partial charge is 0.507 e. The first kappa shape index (κ1) is 17.0. The molecule has 5 nitrogen and oxygen atoms in total. The van der Waals surface area contributed by atoms with Crippen LogP contribution >= 0.6 is 0 Å². The van der Waals surface area contributed by atoms with Gasteiger partial charge in [-0.1, -0.05) is 23.8 Å².